The zero-order valence-electron chi connectivity index (χ0n) is 16.1. The molecule has 1 atom stereocenters. The van der Waals surface area contributed by atoms with Crippen LogP contribution in [-0.4, -0.2) is 42.1 Å². The van der Waals surface area contributed by atoms with E-state index in [-0.39, 0.29) is 6.61 Å². The van der Waals surface area contributed by atoms with Crippen molar-refractivity contribution in [3.05, 3.63) is 65.9 Å². The van der Waals surface area contributed by atoms with E-state index in [4.69, 9.17) is 14.2 Å². The molecule has 0 fully saturated rings. The van der Waals surface area contributed by atoms with Crippen LogP contribution in [0.5, 0.6) is 11.5 Å². The van der Waals surface area contributed by atoms with Gasteiger partial charge in [0.2, 0.25) is 6.10 Å². The minimum absolute atomic E-state index is 0.0296. The zero-order chi connectivity index (χ0) is 21.1. The highest BCUT2D eigenvalue weighted by molar-refractivity contribution is 6.04. The fourth-order valence-electron chi connectivity index (χ4n) is 3.09. The Balaban J connectivity index is 1.35. The summed E-state index contributed by atoms with van der Waals surface area (Å²) in [7, 11) is 0. The van der Waals surface area contributed by atoms with Gasteiger partial charge in [0.05, 0.1) is 11.1 Å². The highest BCUT2D eigenvalue weighted by Crippen LogP contribution is 2.30. The van der Waals surface area contributed by atoms with Gasteiger partial charge >= 0.3 is 5.97 Å². The number of pyridine rings is 1. The third kappa shape index (κ3) is 4.07. The van der Waals surface area contributed by atoms with Crippen LogP contribution in [0.3, 0.4) is 0 Å². The highest BCUT2D eigenvalue weighted by atomic mass is 16.6. The zero-order valence-corrected chi connectivity index (χ0v) is 16.1. The number of carbonyl (C=O) groups is 3. The van der Waals surface area contributed by atoms with Crippen LogP contribution < -0.4 is 14.8 Å². The van der Waals surface area contributed by atoms with Crippen LogP contribution in [0.15, 0.2) is 54.6 Å². The summed E-state index contributed by atoms with van der Waals surface area (Å²) >= 11 is 0. The van der Waals surface area contributed by atoms with E-state index in [0.717, 1.165) is 0 Å². The minimum atomic E-state index is -0.980. The molecule has 0 radical (unpaired) electrons. The summed E-state index contributed by atoms with van der Waals surface area (Å²) in [6, 6.07) is 15.7. The number of esters is 1. The van der Waals surface area contributed by atoms with Gasteiger partial charge in [0.1, 0.15) is 6.61 Å². The number of aromatic nitrogens is 1. The number of nitrogens with zero attached hydrogens (tertiary/aromatic N) is 1. The molecule has 4 rings (SSSR count). The highest BCUT2D eigenvalue weighted by Gasteiger charge is 2.28. The first-order chi connectivity index (χ1) is 14.5. The molecule has 0 bridgehead atoms. The number of amides is 2. The summed E-state index contributed by atoms with van der Waals surface area (Å²) in [5.74, 6) is -1.16. The first kappa shape index (κ1) is 19.4. The van der Waals surface area contributed by atoms with Gasteiger partial charge in [0.25, 0.3) is 11.8 Å². The fourth-order valence-corrected chi connectivity index (χ4v) is 3.09. The second-order valence-corrected chi connectivity index (χ2v) is 6.68. The number of nitrogens with one attached hydrogen (secondary N) is 1. The largest absolute Gasteiger partial charge is 0.485 e. The molecule has 0 spiro atoms. The summed E-state index contributed by atoms with van der Waals surface area (Å²) in [5, 5.41) is 2.78. The average Bonchev–Trinajstić information content (AvgIpc) is 2.76. The summed E-state index contributed by atoms with van der Waals surface area (Å²) in [6.07, 6.45) is -0.980. The molecule has 30 heavy (non-hydrogen) atoms. The second kappa shape index (κ2) is 8.20. The van der Waals surface area contributed by atoms with Crippen molar-refractivity contribution in [2.75, 3.05) is 13.2 Å². The van der Waals surface area contributed by atoms with Crippen molar-refractivity contribution in [2.24, 2.45) is 0 Å². The smallest absolute Gasteiger partial charge is 0.339 e. The molecule has 1 aliphatic heterocycles. The number of aryl methyl sites for hydroxylation is 1. The number of rotatable bonds is 4. The maximum atomic E-state index is 12.5. The molecule has 0 unspecified atom stereocenters. The monoisotopic (exact) mass is 406 g/mol. The number of para-hydroxylation sites is 3. The second-order valence-electron chi connectivity index (χ2n) is 6.68. The number of carbonyl (C=O) groups excluding carboxylic acids is 3. The van der Waals surface area contributed by atoms with Crippen molar-refractivity contribution < 1.29 is 28.6 Å². The Hall–Kier alpha value is -3.94. The summed E-state index contributed by atoms with van der Waals surface area (Å²) < 4.78 is 16.1. The van der Waals surface area contributed by atoms with Crippen molar-refractivity contribution in [3.63, 3.8) is 0 Å². The van der Waals surface area contributed by atoms with Gasteiger partial charge in [-0.15, -0.1) is 0 Å². The Morgan fingerprint density at radius 1 is 1.10 bits per heavy atom. The van der Waals surface area contributed by atoms with Crippen molar-refractivity contribution >= 4 is 28.7 Å². The van der Waals surface area contributed by atoms with Crippen LogP contribution in [0.1, 0.15) is 16.1 Å². The molecule has 2 heterocycles. The van der Waals surface area contributed by atoms with Crippen LogP contribution in [-0.2, 0) is 14.3 Å². The predicted octanol–water partition coefficient (Wildman–Crippen LogP) is 2.18. The number of benzene rings is 2. The first-order valence-electron chi connectivity index (χ1n) is 9.27. The van der Waals surface area contributed by atoms with E-state index >= 15 is 0 Å². The maximum absolute atomic E-state index is 12.5. The third-order valence-electron chi connectivity index (χ3n) is 4.46. The molecular weight excluding hydrogens is 388 g/mol. The van der Waals surface area contributed by atoms with E-state index in [1.54, 1.807) is 55.5 Å². The quantitative estimate of drug-likeness (QED) is 0.662. The first-order valence-corrected chi connectivity index (χ1v) is 9.27. The molecule has 1 N–H and O–H groups in total. The minimum Gasteiger partial charge on any atom is -0.485 e. The van der Waals surface area contributed by atoms with Crippen LogP contribution >= 0.6 is 0 Å². The molecule has 3 aromatic rings. The molecule has 0 aliphatic carbocycles. The van der Waals surface area contributed by atoms with Gasteiger partial charge in [0.15, 0.2) is 18.1 Å². The molecule has 1 aromatic heterocycles. The van der Waals surface area contributed by atoms with Gasteiger partial charge in [-0.3, -0.25) is 19.9 Å². The van der Waals surface area contributed by atoms with Crippen molar-refractivity contribution in [1.29, 1.82) is 0 Å². The number of fused-ring (bicyclic) bond motifs is 2. The number of hydrogen-bond donors (Lipinski definition) is 1. The van der Waals surface area contributed by atoms with E-state index < -0.39 is 30.5 Å². The van der Waals surface area contributed by atoms with Crippen molar-refractivity contribution in [2.45, 2.75) is 13.0 Å². The van der Waals surface area contributed by atoms with Gasteiger partial charge < -0.3 is 14.2 Å². The van der Waals surface area contributed by atoms with Crippen molar-refractivity contribution in [1.82, 2.24) is 10.3 Å². The van der Waals surface area contributed by atoms with Gasteiger partial charge in [-0.1, -0.05) is 30.3 Å². The standard InChI is InChI=1S/C22H18N2O6/c1-13-10-15(14-6-2-3-7-16(14)23-13)22(27)29-12-20(25)24-21(26)19-11-28-17-8-4-5-9-18(17)30-19/h2-10,19H,11-12H2,1H3,(H,24,25,26)/t19-/m1/s1. The SMILES string of the molecule is Cc1cc(C(=O)OCC(=O)NC(=O)[C@H]2COc3ccccc3O2)c2ccccc2n1. The van der Waals surface area contributed by atoms with Crippen LogP contribution in [0.4, 0.5) is 0 Å². The van der Waals surface area contributed by atoms with E-state index in [2.05, 4.69) is 10.3 Å². The van der Waals surface area contributed by atoms with Crippen LogP contribution in [0.2, 0.25) is 0 Å². The average molecular weight is 406 g/mol. The molecule has 2 aromatic carbocycles. The van der Waals surface area contributed by atoms with Gasteiger partial charge in [-0.05, 0) is 31.2 Å². The molecule has 2 amide bonds. The molecule has 1 aliphatic rings. The molecular formula is C22H18N2O6. The Bertz CT molecular complexity index is 1140. The Morgan fingerprint density at radius 2 is 1.83 bits per heavy atom. The molecule has 0 saturated carbocycles. The molecule has 152 valence electrons. The van der Waals surface area contributed by atoms with Gasteiger partial charge in [-0.25, -0.2) is 4.79 Å². The summed E-state index contributed by atoms with van der Waals surface area (Å²) in [5.41, 5.74) is 1.60. The topological polar surface area (TPSA) is 104 Å². The van der Waals surface area contributed by atoms with E-state index in [0.29, 0.717) is 33.7 Å². The lowest BCUT2D eigenvalue weighted by Crippen LogP contribution is -2.47. The normalized spacial score (nSPS) is 14.8. The molecule has 0 saturated heterocycles. The van der Waals surface area contributed by atoms with E-state index in [1.807, 2.05) is 6.07 Å². The van der Waals surface area contributed by atoms with Crippen LogP contribution in [0, 0.1) is 6.92 Å². The number of ether oxygens (including phenoxy) is 3. The lowest BCUT2D eigenvalue weighted by molar-refractivity contribution is -0.137. The third-order valence-corrected chi connectivity index (χ3v) is 4.46. The predicted molar refractivity (Wildman–Crippen MR) is 106 cm³/mol. The Kier molecular flexibility index (Phi) is 5.30. The summed E-state index contributed by atoms with van der Waals surface area (Å²) in [4.78, 5) is 41.2. The van der Waals surface area contributed by atoms with E-state index in [1.165, 1.54) is 0 Å². The van der Waals surface area contributed by atoms with E-state index in [9.17, 15) is 14.4 Å². The summed E-state index contributed by atoms with van der Waals surface area (Å²) in [6.45, 7) is 1.13. The van der Waals surface area contributed by atoms with Crippen LogP contribution in [0.25, 0.3) is 10.9 Å². The maximum Gasteiger partial charge on any atom is 0.339 e. The van der Waals surface area contributed by atoms with Crippen molar-refractivity contribution in [3.8, 4) is 11.5 Å². The molecule has 8 nitrogen and oxygen atoms in total. The van der Waals surface area contributed by atoms with Gasteiger partial charge in [-0.2, -0.15) is 0 Å². The number of hydrogen-bond acceptors (Lipinski definition) is 7. The Labute approximate surface area is 171 Å². The fraction of sp³-hybridized carbons (Fsp3) is 0.182. The lowest BCUT2D eigenvalue weighted by atomic mass is 10.1. The number of imide groups is 1. The molecule has 8 heteroatoms. The van der Waals surface area contributed by atoms with Gasteiger partial charge in [0, 0.05) is 11.1 Å². The Morgan fingerprint density at radius 3 is 2.67 bits per heavy atom. The lowest BCUT2D eigenvalue weighted by Gasteiger charge is -2.25.